The molecule has 2 aromatic carbocycles. The van der Waals surface area contributed by atoms with Crippen LogP contribution in [-0.2, 0) is 16.1 Å². The van der Waals surface area contributed by atoms with Crippen LogP contribution in [-0.4, -0.2) is 17.6 Å². The van der Waals surface area contributed by atoms with E-state index >= 15 is 0 Å². The largest absolute Gasteiger partial charge is 0.457 e. The zero-order chi connectivity index (χ0) is 17.1. The summed E-state index contributed by atoms with van der Waals surface area (Å²) >= 11 is 4.73. The van der Waals surface area contributed by atoms with E-state index in [1.807, 2.05) is 0 Å². The molecule has 1 aliphatic rings. The smallest absolute Gasteiger partial charge is 0.338 e. The Morgan fingerprint density at radius 1 is 1.29 bits per heavy atom. The summed E-state index contributed by atoms with van der Waals surface area (Å²) in [4.78, 5) is 24.7. The number of carbonyl (C=O) groups is 2. The van der Waals surface area contributed by atoms with Crippen LogP contribution >= 0.6 is 27.7 Å². The van der Waals surface area contributed by atoms with Gasteiger partial charge in [-0.05, 0) is 30.3 Å². The molecule has 0 aromatic heterocycles. The highest BCUT2D eigenvalue weighted by molar-refractivity contribution is 9.10. The Labute approximate surface area is 150 Å². The lowest BCUT2D eigenvalue weighted by Crippen LogP contribution is -2.11. The third kappa shape index (κ3) is 3.96. The maximum absolute atomic E-state index is 13.7. The number of benzene rings is 2. The fraction of sp³-hybridized carbons (Fsp3) is 0.176. The van der Waals surface area contributed by atoms with Crippen molar-refractivity contribution in [1.29, 1.82) is 0 Å². The zero-order valence-corrected chi connectivity index (χ0v) is 14.9. The fourth-order valence-electron chi connectivity index (χ4n) is 2.21. The second-order valence-electron chi connectivity index (χ2n) is 5.17. The van der Waals surface area contributed by atoms with Gasteiger partial charge in [0.15, 0.2) is 0 Å². The van der Waals surface area contributed by atoms with Gasteiger partial charge in [0.05, 0.1) is 11.3 Å². The lowest BCUT2D eigenvalue weighted by Gasteiger charge is -2.10. The van der Waals surface area contributed by atoms with Crippen molar-refractivity contribution in [2.24, 2.45) is 0 Å². The first-order valence-corrected chi connectivity index (χ1v) is 8.98. The van der Waals surface area contributed by atoms with Gasteiger partial charge in [-0.3, -0.25) is 4.79 Å². The Morgan fingerprint density at radius 2 is 2.12 bits per heavy atom. The van der Waals surface area contributed by atoms with Gasteiger partial charge in [-0.1, -0.05) is 22.0 Å². The molecule has 24 heavy (non-hydrogen) atoms. The normalized spacial score (nSPS) is 13.7. The SMILES string of the molecule is O=C1CCSc2ccc(C(=O)OCc3ccc(Br)cc3F)cc2N1. The lowest BCUT2D eigenvalue weighted by atomic mass is 10.2. The third-order valence-corrected chi connectivity index (χ3v) is 5.02. The predicted octanol–water partition coefficient (Wildman–Crippen LogP) is 4.38. The van der Waals surface area contributed by atoms with E-state index in [1.165, 1.54) is 6.07 Å². The summed E-state index contributed by atoms with van der Waals surface area (Å²) < 4.78 is 19.5. The zero-order valence-electron chi connectivity index (χ0n) is 12.5. The highest BCUT2D eigenvalue weighted by atomic mass is 79.9. The molecular weight excluding hydrogens is 397 g/mol. The lowest BCUT2D eigenvalue weighted by molar-refractivity contribution is -0.115. The number of anilines is 1. The average Bonchev–Trinajstić information content (AvgIpc) is 2.73. The average molecular weight is 410 g/mol. The second kappa shape index (κ2) is 7.36. The van der Waals surface area contributed by atoms with Crippen LogP contribution in [0.3, 0.4) is 0 Å². The Hall–Kier alpha value is -1.86. The fourth-order valence-corrected chi connectivity index (χ4v) is 3.48. The highest BCUT2D eigenvalue weighted by Gasteiger charge is 2.17. The first kappa shape index (κ1) is 17.0. The molecule has 3 rings (SSSR count). The highest BCUT2D eigenvalue weighted by Crippen LogP contribution is 2.31. The molecular formula is C17H13BrFNO3S. The molecule has 0 bridgehead atoms. The van der Waals surface area contributed by atoms with Gasteiger partial charge in [-0.2, -0.15) is 0 Å². The summed E-state index contributed by atoms with van der Waals surface area (Å²) in [7, 11) is 0. The molecule has 0 spiro atoms. The third-order valence-electron chi connectivity index (χ3n) is 3.45. The van der Waals surface area contributed by atoms with Crippen molar-refractivity contribution in [3.8, 4) is 0 Å². The van der Waals surface area contributed by atoms with E-state index in [9.17, 15) is 14.0 Å². The Kier molecular flexibility index (Phi) is 5.20. The molecule has 0 fully saturated rings. The Morgan fingerprint density at radius 3 is 2.92 bits per heavy atom. The van der Waals surface area contributed by atoms with Gasteiger partial charge in [0.2, 0.25) is 5.91 Å². The van der Waals surface area contributed by atoms with Gasteiger partial charge >= 0.3 is 5.97 Å². The minimum absolute atomic E-state index is 0.0799. The van der Waals surface area contributed by atoms with Crippen molar-refractivity contribution in [3.63, 3.8) is 0 Å². The van der Waals surface area contributed by atoms with Crippen molar-refractivity contribution in [3.05, 3.63) is 57.8 Å². The van der Waals surface area contributed by atoms with Gasteiger partial charge in [0.1, 0.15) is 12.4 Å². The molecule has 1 heterocycles. The molecule has 0 saturated carbocycles. The molecule has 2 aromatic rings. The van der Waals surface area contributed by atoms with E-state index in [1.54, 1.807) is 42.1 Å². The summed E-state index contributed by atoms with van der Waals surface area (Å²) in [5, 5.41) is 2.77. The minimum atomic E-state index is -0.566. The molecule has 1 N–H and O–H groups in total. The standard InChI is InChI=1S/C17H13BrFNO3S/c18-12-3-1-11(13(19)8-12)9-23-17(22)10-2-4-15-14(7-10)20-16(21)5-6-24-15/h1-4,7-8H,5-6,9H2,(H,20,21). The van der Waals surface area contributed by atoms with Crippen LogP contribution in [0.15, 0.2) is 45.8 Å². The van der Waals surface area contributed by atoms with Crippen LogP contribution < -0.4 is 5.32 Å². The van der Waals surface area contributed by atoms with Crippen molar-refractivity contribution < 1.29 is 18.7 Å². The number of ether oxygens (including phenoxy) is 1. The summed E-state index contributed by atoms with van der Waals surface area (Å²) in [6.07, 6.45) is 0.433. The number of amides is 1. The molecule has 7 heteroatoms. The van der Waals surface area contributed by atoms with Crippen LogP contribution in [0.2, 0.25) is 0 Å². The number of esters is 1. The molecule has 0 radical (unpaired) electrons. The Bertz CT molecular complexity index is 812. The van der Waals surface area contributed by atoms with Gasteiger partial charge < -0.3 is 10.1 Å². The molecule has 0 aliphatic carbocycles. The monoisotopic (exact) mass is 409 g/mol. The summed E-state index contributed by atoms with van der Waals surface area (Å²) in [5.41, 5.74) is 1.21. The van der Waals surface area contributed by atoms with Crippen LogP contribution in [0.25, 0.3) is 0 Å². The molecule has 0 atom stereocenters. The number of carbonyl (C=O) groups excluding carboxylic acids is 2. The van der Waals surface area contributed by atoms with Gasteiger partial charge in [0, 0.05) is 27.1 Å². The second-order valence-corrected chi connectivity index (χ2v) is 7.22. The summed E-state index contributed by atoms with van der Waals surface area (Å²) in [6, 6.07) is 9.57. The van der Waals surface area contributed by atoms with Crippen molar-refractivity contribution in [2.45, 2.75) is 17.9 Å². The number of fused-ring (bicyclic) bond motifs is 1. The first-order chi connectivity index (χ1) is 11.5. The maximum atomic E-state index is 13.7. The number of halogens is 2. The topological polar surface area (TPSA) is 55.4 Å². The first-order valence-electron chi connectivity index (χ1n) is 7.20. The molecule has 4 nitrogen and oxygen atoms in total. The number of thioether (sulfide) groups is 1. The predicted molar refractivity (Wildman–Crippen MR) is 93.6 cm³/mol. The molecule has 0 unspecified atom stereocenters. The van der Waals surface area contributed by atoms with Crippen molar-refractivity contribution >= 4 is 45.3 Å². The molecule has 1 amide bonds. The van der Waals surface area contributed by atoms with Crippen molar-refractivity contribution in [2.75, 3.05) is 11.1 Å². The quantitative estimate of drug-likeness (QED) is 0.764. The number of nitrogens with one attached hydrogen (secondary N) is 1. The number of hydrogen-bond acceptors (Lipinski definition) is 4. The molecule has 124 valence electrons. The van der Waals surface area contributed by atoms with Gasteiger partial charge in [-0.25, -0.2) is 9.18 Å². The van der Waals surface area contributed by atoms with E-state index in [0.717, 1.165) is 4.90 Å². The van der Waals surface area contributed by atoms with Crippen molar-refractivity contribution in [1.82, 2.24) is 0 Å². The van der Waals surface area contributed by atoms with Crippen LogP contribution in [0.4, 0.5) is 10.1 Å². The van der Waals surface area contributed by atoms with E-state index < -0.39 is 11.8 Å². The van der Waals surface area contributed by atoms with E-state index in [0.29, 0.717) is 33.5 Å². The molecule has 1 aliphatic heterocycles. The van der Waals surface area contributed by atoms with E-state index in [-0.39, 0.29) is 12.5 Å². The number of rotatable bonds is 3. The number of hydrogen-bond donors (Lipinski definition) is 1. The molecule has 0 saturated heterocycles. The van der Waals surface area contributed by atoms with E-state index in [4.69, 9.17) is 4.74 Å². The van der Waals surface area contributed by atoms with Gasteiger partial charge in [-0.15, -0.1) is 11.8 Å². The maximum Gasteiger partial charge on any atom is 0.338 e. The van der Waals surface area contributed by atoms with E-state index in [2.05, 4.69) is 21.2 Å². The van der Waals surface area contributed by atoms with Gasteiger partial charge in [0.25, 0.3) is 0 Å². The summed E-state index contributed by atoms with van der Waals surface area (Å²) in [5.74, 6) is -0.388. The summed E-state index contributed by atoms with van der Waals surface area (Å²) in [6.45, 7) is -0.157. The minimum Gasteiger partial charge on any atom is -0.457 e. The van der Waals surface area contributed by atoms with Crippen LogP contribution in [0.5, 0.6) is 0 Å². The Balaban J connectivity index is 1.72. The van der Waals surface area contributed by atoms with Crippen LogP contribution in [0.1, 0.15) is 22.3 Å². The van der Waals surface area contributed by atoms with Crippen LogP contribution in [0, 0.1) is 5.82 Å².